The molecule has 5 nitrogen and oxygen atoms in total. The summed E-state index contributed by atoms with van der Waals surface area (Å²) < 4.78 is 25.9. The Morgan fingerprint density at radius 2 is 1.78 bits per heavy atom. The molecule has 3 rings (SSSR count). The molecule has 0 N–H and O–H groups in total. The van der Waals surface area contributed by atoms with E-state index in [1.54, 1.807) is 17.0 Å². The summed E-state index contributed by atoms with van der Waals surface area (Å²) in [5.41, 5.74) is 0.789. The second-order valence-electron chi connectivity index (χ2n) is 5.82. The number of nitrogens with zero attached hydrogens (tertiary/aromatic N) is 2. The summed E-state index contributed by atoms with van der Waals surface area (Å²) >= 11 is 6.05. The number of halogens is 1. The number of amides is 1. The Morgan fingerprint density at radius 3 is 2.39 bits per heavy atom. The molecule has 0 aromatic heterocycles. The fourth-order valence-corrected chi connectivity index (χ4v) is 4.64. The molecule has 0 atom stereocenters. The van der Waals surface area contributed by atoms with Crippen molar-refractivity contribution in [2.24, 2.45) is 0 Å². The van der Waals surface area contributed by atoms with Crippen LogP contribution in [0.2, 0.25) is 5.02 Å². The van der Waals surface area contributed by atoms with Crippen molar-refractivity contribution in [3.63, 3.8) is 0 Å². The Balaban J connectivity index is 1.57. The molecule has 2 fully saturated rings. The van der Waals surface area contributed by atoms with Crippen LogP contribution >= 0.6 is 11.6 Å². The molecule has 0 spiro atoms. The van der Waals surface area contributed by atoms with Crippen molar-refractivity contribution in [3.8, 4) is 0 Å². The van der Waals surface area contributed by atoms with E-state index < -0.39 is 10.0 Å². The SMILES string of the molecule is O=C(/C=C/c1ccccc1Cl)N1CCN(S(=O)(=O)C2CC2)CC1. The van der Waals surface area contributed by atoms with Crippen LogP contribution in [-0.2, 0) is 14.8 Å². The normalized spacial score (nSPS) is 20.1. The first-order valence-corrected chi connectivity index (χ1v) is 9.57. The molecule has 1 aromatic rings. The molecule has 0 radical (unpaired) electrons. The minimum atomic E-state index is -3.14. The molecule has 0 unspecified atom stereocenters. The topological polar surface area (TPSA) is 57.7 Å². The van der Waals surface area contributed by atoms with Crippen LogP contribution in [0.25, 0.3) is 6.08 Å². The molecule has 1 aliphatic heterocycles. The predicted octanol–water partition coefficient (Wildman–Crippen LogP) is 1.99. The molecule has 7 heteroatoms. The first-order chi connectivity index (χ1) is 11.0. The number of benzene rings is 1. The fraction of sp³-hybridized carbons (Fsp3) is 0.438. The Morgan fingerprint density at radius 1 is 1.13 bits per heavy atom. The van der Waals surface area contributed by atoms with Gasteiger partial charge in [-0.25, -0.2) is 8.42 Å². The Hall–Kier alpha value is -1.37. The molecule has 23 heavy (non-hydrogen) atoms. The van der Waals surface area contributed by atoms with Crippen molar-refractivity contribution in [1.82, 2.24) is 9.21 Å². The van der Waals surface area contributed by atoms with Gasteiger partial charge in [-0.3, -0.25) is 4.79 Å². The van der Waals surface area contributed by atoms with Gasteiger partial charge in [-0.05, 0) is 30.5 Å². The van der Waals surface area contributed by atoms with Crippen LogP contribution in [0, 0.1) is 0 Å². The highest BCUT2D eigenvalue weighted by Gasteiger charge is 2.41. The molecule has 0 bridgehead atoms. The summed E-state index contributed by atoms with van der Waals surface area (Å²) in [4.78, 5) is 13.9. The molecular weight excluding hydrogens is 336 g/mol. The molecule has 2 aliphatic rings. The summed E-state index contributed by atoms with van der Waals surface area (Å²) in [6.07, 6.45) is 4.72. The molecule has 1 amide bonds. The zero-order valence-electron chi connectivity index (χ0n) is 12.7. The van der Waals surface area contributed by atoms with Crippen LogP contribution in [0.5, 0.6) is 0 Å². The van der Waals surface area contributed by atoms with E-state index in [1.165, 1.54) is 10.4 Å². The van der Waals surface area contributed by atoms with Gasteiger partial charge in [0.1, 0.15) is 0 Å². The van der Waals surface area contributed by atoms with Gasteiger partial charge in [0.2, 0.25) is 15.9 Å². The lowest BCUT2D eigenvalue weighted by Gasteiger charge is -2.33. The van der Waals surface area contributed by atoms with Gasteiger partial charge in [-0.2, -0.15) is 4.31 Å². The van der Waals surface area contributed by atoms with Crippen LogP contribution in [0.1, 0.15) is 18.4 Å². The molecule has 1 aromatic carbocycles. The summed E-state index contributed by atoms with van der Waals surface area (Å²) in [6, 6.07) is 7.30. The van der Waals surface area contributed by atoms with Crippen LogP contribution in [0.15, 0.2) is 30.3 Å². The lowest BCUT2D eigenvalue weighted by molar-refractivity contribution is -0.127. The van der Waals surface area contributed by atoms with Crippen molar-refractivity contribution in [3.05, 3.63) is 40.9 Å². The zero-order chi connectivity index (χ0) is 16.4. The van der Waals surface area contributed by atoms with Crippen molar-refractivity contribution < 1.29 is 13.2 Å². The molecule has 1 aliphatic carbocycles. The molecule has 1 saturated heterocycles. The van der Waals surface area contributed by atoms with E-state index in [4.69, 9.17) is 11.6 Å². The Bertz CT molecular complexity index is 721. The van der Waals surface area contributed by atoms with E-state index in [-0.39, 0.29) is 11.2 Å². The van der Waals surface area contributed by atoms with Crippen molar-refractivity contribution >= 4 is 33.6 Å². The van der Waals surface area contributed by atoms with E-state index in [2.05, 4.69) is 0 Å². The summed E-state index contributed by atoms with van der Waals surface area (Å²) in [5.74, 6) is -0.117. The van der Waals surface area contributed by atoms with Gasteiger partial charge in [-0.15, -0.1) is 0 Å². The van der Waals surface area contributed by atoms with Gasteiger partial charge in [0.25, 0.3) is 0 Å². The third-order valence-corrected chi connectivity index (χ3v) is 6.91. The maximum Gasteiger partial charge on any atom is 0.246 e. The summed E-state index contributed by atoms with van der Waals surface area (Å²) in [5, 5.41) is 0.404. The average Bonchev–Trinajstić information content (AvgIpc) is 3.39. The standard InChI is InChI=1S/C16H19ClN2O3S/c17-15-4-2-1-3-13(15)5-8-16(20)18-9-11-19(12-10-18)23(21,22)14-6-7-14/h1-5,8,14H,6-7,9-12H2/b8-5+. The highest BCUT2D eigenvalue weighted by molar-refractivity contribution is 7.90. The molecular formula is C16H19ClN2O3S. The smallest absolute Gasteiger partial charge is 0.246 e. The molecule has 1 saturated carbocycles. The molecule has 124 valence electrons. The maximum absolute atomic E-state index is 12.2. The monoisotopic (exact) mass is 354 g/mol. The number of carbonyl (C=O) groups is 1. The number of hydrogen-bond acceptors (Lipinski definition) is 3. The van der Waals surface area contributed by atoms with Gasteiger partial charge in [0.15, 0.2) is 0 Å². The minimum absolute atomic E-state index is 0.117. The van der Waals surface area contributed by atoms with E-state index in [9.17, 15) is 13.2 Å². The van der Waals surface area contributed by atoms with Crippen LogP contribution in [0.4, 0.5) is 0 Å². The largest absolute Gasteiger partial charge is 0.337 e. The second-order valence-corrected chi connectivity index (χ2v) is 8.44. The van der Waals surface area contributed by atoms with Crippen molar-refractivity contribution in [2.45, 2.75) is 18.1 Å². The quantitative estimate of drug-likeness (QED) is 0.777. The summed E-state index contributed by atoms with van der Waals surface area (Å²) in [6.45, 7) is 1.62. The maximum atomic E-state index is 12.2. The van der Waals surface area contributed by atoms with E-state index >= 15 is 0 Å². The van der Waals surface area contributed by atoms with Gasteiger partial charge in [0.05, 0.1) is 5.25 Å². The Labute approximate surface area is 141 Å². The van der Waals surface area contributed by atoms with E-state index in [0.717, 1.165) is 18.4 Å². The van der Waals surface area contributed by atoms with Crippen LogP contribution in [-0.4, -0.2) is 55.0 Å². The highest BCUT2D eigenvalue weighted by atomic mass is 35.5. The number of carbonyl (C=O) groups excluding carboxylic acids is 1. The Kier molecular flexibility index (Phi) is 4.75. The van der Waals surface area contributed by atoms with E-state index in [0.29, 0.717) is 31.2 Å². The summed E-state index contributed by atoms with van der Waals surface area (Å²) in [7, 11) is -3.14. The van der Waals surface area contributed by atoms with Crippen LogP contribution in [0.3, 0.4) is 0 Å². The third-order valence-electron chi connectivity index (χ3n) is 4.17. The minimum Gasteiger partial charge on any atom is -0.337 e. The van der Waals surface area contributed by atoms with E-state index in [1.807, 2.05) is 18.2 Å². The third kappa shape index (κ3) is 3.76. The lowest BCUT2D eigenvalue weighted by Crippen LogP contribution is -2.50. The van der Waals surface area contributed by atoms with Gasteiger partial charge < -0.3 is 4.90 Å². The average molecular weight is 355 g/mol. The first-order valence-electron chi connectivity index (χ1n) is 7.69. The van der Waals surface area contributed by atoms with Crippen LogP contribution < -0.4 is 0 Å². The number of rotatable bonds is 4. The lowest BCUT2D eigenvalue weighted by atomic mass is 10.2. The number of sulfonamides is 1. The highest BCUT2D eigenvalue weighted by Crippen LogP contribution is 2.31. The first kappa shape index (κ1) is 16.5. The van der Waals surface area contributed by atoms with Gasteiger partial charge in [0, 0.05) is 37.3 Å². The van der Waals surface area contributed by atoms with Crippen molar-refractivity contribution in [1.29, 1.82) is 0 Å². The number of hydrogen-bond donors (Lipinski definition) is 0. The van der Waals surface area contributed by atoms with Gasteiger partial charge >= 0.3 is 0 Å². The molecule has 1 heterocycles. The zero-order valence-corrected chi connectivity index (χ0v) is 14.3. The second kappa shape index (κ2) is 6.63. The van der Waals surface area contributed by atoms with Gasteiger partial charge in [-0.1, -0.05) is 29.8 Å². The fourth-order valence-electron chi connectivity index (χ4n) is 2.62. The predicted molar refractivity (Wildman–Crippen MR) is 90.6 cm³/mol. The number of piperazine rings is 1. The van der Waals surface area contributed by atoms with Crippen molar-refractivity contribution in [2.75, 3.05) is 26.2 Å².